The number of benzene rings is 6. The number of ether oxygens (including phenoxy) is 2. The molecule has 6 aromatic carbocycles. The Bertz CT molecular complexity index is 1980. The topological polar surface area (TPSA) is 52.6 Å². The second-order valence-corrected chi connectivity index (χ2v) is 10.8. The summed E-state index contributed by atoms with van der Waals surface area (Å²) in [7, 11) is 1.67. The fourth-order valence-electron chi connectivity index (χ4n) is 6.40. The van der Waals surface area contributed by atoms with Crippen molar-refractivity contribution in [2.45, 2.75) is 12.3 Å². The molecule has 208 valence electrons. The monoisotopic (exact) mass is 560 g/mol. The van der Waals surface area contributed by atoms with Crippen molar-refractivity contribution in [3.8, 4) is 22.6 Å². The van der Waals surface area contributed by atoms with Crippen LogP contribution in [0.2, 0.25) is 0 Å². The average Bonchev–Trinajstić information content (AvgIpc) is 3.36. The Labute approximate surface area is 250 Å². The van der Waals surface area contributed by atoms with Gasteiger partial charge < -0.3 is 9.47 Å². The summed E-state index contributed by atoms with van der Waals surface area (Å²) in [6, 6.07) is 44.0. The zero-order valence-corrected chi connectivity index (χ0v) is 23.8. The lowest BCUT2D eigenvalue weighted by Gasteiger charge is -2.34. The molecule has 0 amide bonds. The highest BCUT2D eigenvalue weighted by molar-refractivity contribution is 6.01. The van der Waals surface area contributed by atoms with Crippen LogP contribution in [0, 0.1) is 0 Å². The van der Waals surface area contributed by atoms with Gasteiger partial charge in [0.05, 0.1) is 18.1 Å². The number of carbonyl (C=O) groups excluding carboxylic acids is 2. The number of rotatable bonds is 6. The van der Waals surface area contributed by atoms with Gasteiger partial charge >= 0.3 is 5.97 Å². The third-order valence-corrected chi connectivity index (χ3v) is 8.46. The minimum absolute atomic E-state index is 0.00665. The van der Waals surface area contributed by atoms with Crippen LogP contribution in [0.3, 0.4) is 0 Å². The van der Waals surface area contributed by atoms with Crippen LogP contribution in [-0.4, -0.2) is 18.9 Å². The van der Waals surface area contributed by atoms with E-state index in [1.54, 1.807) is 32.2 Å². The summed E-state index contributed by atoms with van der Waals surface area (Å²) in [5, 5.41) is 1.77. The van der Waals surface area contributed by atoms with Gasteiger partial charge in [-0.1, -0.05) is 91.0 Å². The highest BCUT2D eigenvalue weighted by Gasteiger charge is 2.45. The summed E-state index contributed by atoms with van der Waals surface area (Å²) < 4.78 is 11.3. The van der Waals surface area contributed by atoms with Gasteiger partial charge in [0.25, 0.3) is 0 Å². The first kappa shape index (κ1) is 26.4. The molecular formula is C39H28O4. The summed E-state index contributed by atoms with van der Waals surface area (Å²) in [5.74, 6) is 0.831. The quantitative estimate of drug-likeness (QED) is 0.116. The first-order valence-electron chi connectivity index (χ1n) is 14.2. The van der Waals surface area contributed by atoms with E-state index in [0.717, 1.165) is 27.6 Å². The fourth-order valence-corrected chi connectivity index (χ4v) is 6.40. The van der Waals surface area contributed by atoms with E-state index in [1.165, 1.54) is 22.3 Å². The zero-order valence-electron chi connectivity index (χ0n) is 23.8. The van der Waals surface area contributed by atoms with Gasteiger partial charge in [-0.2, -0.15) is 0 Å². The third kappa shape index (κ3) is 4.31. The molecule has 0 N–H and O–H groups in total. The molecule has 0 saturated carbocycles. The first-order chi connectivity index (χ1) is 21.0. The number of hydrogen-bond donors (Lipinski definition) is 0. The molecule has 6 aromatic rings. The Morgan fingerprint density at radius 2 is 1.05 bits per heavy atom. The number of methoxy groups -OCH3 is 1. The van der Waals surface area contributed by atoms with Gasteiger partial charge in [0, 0.05) is 5.56 Å². The standard InChI is InChI=1S/C39H28O4/c1-25(40)26-11-12-28-24-29(14-13-27(28)23-26)38(41)43-33-21-17-31(18-22-33)39(30-15-19-32(42-2)20-16-30)36-9-5-3-7-34(36)35-8-4-6-10-37(35)39/h3-24H,1-2H3. The highest BCUT2D eigenvalue weighted by atomic mass is 16.5. The molecule has 1 aliphatic rings. The summed E-state index contributed by atoms with van der Waals surface area (Å²) in [5.41, 5.74) is 7.54. The Morgan fingerprint density at radius 3 is 1.58 bits per heavy atom. The van der Waals surface area contributed by atoms with Crippen LogP contribution in [0.5, 0.6) is 11.5 Å². The fraction of sp³-hybridized carbons (Fsp3) is 0.0769. The Kier molecular flexibility index (Phi) is 6.40. The van der Waals surface area contributed by atoms with E-state index in [9.17, 15) is 9.59 Å². The van der Waals surface area contributed by atoms with Gasteiger partial charge in [0.15, 0.2) is 5.78 Å². The predicted octanol–water partition coefficient (Wildman–Crippen LogP) is 8.63. The first-order valence-corrected chi connectivity index (χ1v) is 14.2. The van der Waals surface area contributed by atoms with E-state index in [1.807, 2.05) is 42.5 Å². The van der Waals surface area contributed by atoms with Crippen molar-refractivity contribution in [3.63, 3.8) is 0 Å². The van der Waals surface area contributed by atoms with Crippen LogP contribution in [0.4, 0.5) is 0 Å². The summed E-state index contributed by atoms with van der Waals surface area (Å²) in [6.45, 7) is 1.54. The Balaban J connectivity index is 1.27. The maximum Gasteiger partial charge on any atom is 0.343 e. The molecule has 0 aliphatic heterocycles. The van der Waals surface area contributed by atoms with Gasteiger partial charge in [0.2, 0.25) is 0 Å². The van der Waals surface area contributed by atoms with Gasteiger partial charge in [-0.05, 0) is 93.5 Å². The third-order valence-electron chi connectivity index (χ3n) is 8.46. The minimum atomic E-state index is -0.556. The lowest BCUT2D eigenvalue weighted by Crippen LogP contribution is -2.28. The molecule has 0 bridgehead atoms. The Hall–Kier alpha value is -5.48. The maximum absolute atomic E-state index is 13.2. The SMILES string of the molecule is COc1ccc(C2(c3ccc(OC(=O)c4ccc5cc(C(C)=O)ccc5c4)cc3)c3ccccc3-c3ccccc32)cc1. The van der Waals surface area contributed by atoms with Crippen LogP contribution < -0.4 is 9.47 Å². The summed E-state index contributed by atoms with van der Waals surface area (Å²) in [6.07, 6.45) is 0. The molecule has 7 rings (SSSR count). The van der Waals surface area contributed by atoms with Crippen molar-refractivity contribution in [2.24, 2.45) is 0 Å². The van der Waals surface area contributed by atoms with Crippen LogP contribution >= 0.6 is 0 Å². The van der Waals surface area contributed by atoms with Crippen molar-refractivity contribution in [2.75, 3.05) is 7.11 Å². The maximum atomic E-state index is 13.2. The van der Waals surface area contributed by atoms with Gasteiger partial charge in [-0.15, -0.1) is 0 Å². The average molecular weight is 561 g/mol. The number of fused-ring (bicyclic) bond motifs is 4. The molecule has 4 heteroatoms. The molecule has 0 radical (unpaired) electrons. The van der Waals surface area contributed by atoms with Crippen LogP contribution in [-0.2, 0) is 5.41 Å². The molecule has 0 unspecified atom stereocenters. The smallest absolute Gasteiger partial charge is 0.343 e. The molecule has 0 atom stereocenters. The second-order valence-electron chi connectivity index (χ2n) is 10.8. The molecule has 0 aromatic heterocycles. The number of ketones is 1. The normalized spacial score (nSPS) is 12.8. The molecule has 0 fully saturated rings. The van der Waals surface area contributed by atoms with Crippen molar-refractivity contribution < 1.29 is 19.1 Å². The molecule has 43 heavy (non-hydrogen) atoms. The summed E-state index contributed by atoms with van der Waals surface area (Å²) >= 11 is 0. The van der Waals surface area contributed by atoms with Crippen molar-refractivity contribution >= 4 is 22.5 Å². The largest absolute Gasteiger partial charge is 0.497 e. The van der Waals surface area contributed by atoms with E-state index in [-0.39, 0.29) is 5.78 Å². The lowest BCUT2D eigenvalue weighted by atomic mass is 9.68. The van der Waals surface area contributed by atoms with Crippen LogP contribution in [0.25, 0.3) is 21.9 Å². The highest BCUT2D eigenvalue weighted by Crippen LogP contribution is 2.56. The van der Waals surface area contributed by atoms with E-state index in [4.69, 9.17) is 9.47 Å². The van der Waals surface area contributed by atoms with Crippen LogP contribution in [0.1, 0.15) is 49.9 Å². The van der Waals surface area contributed by atoms with E-state index in [2.05, 4.69) is 72.8 Å². The molecule has 0 saturated heterocycles. The lowest BCUT2D eigenvalue weighted by molar-refractivity contribution is 0.0734. The molecule has 0 spiro atoms. The summed E-state index contributed by atoms with van der Waals surface area (Å²) in [4.78, 5) is 24.9. The van der Waals surface area contributed by atoms with E-state index >= 15 is 0 Å². The molecule has 4 nitrogen and oxygen atoms in total. The zero-order chi connectivity index (χ0) is 29.6. The van der Waals surface area contributed by atoms with E-state index < -0.39 is 11.4 Å². The molecular weight excluding hydrogens is 532 g/mol. The van der Waals surface area contributed by atoms with Gasteiger partial charge in [-0.3, -0.25) is 4.79 Å². The predicted molar refractivity (Wildman–Crippen MR) is 169 cm³/mol. The van der Waals surface area contributed by atoms with Gasteiger partial charge in [0.1, 0.15) is 11.5 Å². The minimum Gasteiger partial charge on any atom is -0.497 e. The van der Waals surface area contributed by atoms with Crippen molar-refractivity contribution in [1.29, 1.82) is 0 Å². The number of hydrogen-bond acceptors (Lipinski definition) is 4. The number of Topliss-reactive ketones (excluding diaryl/α,β-unsaturated/α-hetero) is 1. The second kappa shape index (κ2) is 10.4. The van der Waals surface area contributed by atoms with Gasteiger partial charge in [-0.25, -0.2) is 4.79 Å². The number of carbonyl (C=O) groups is 2. The number of esters is 1. The van der Waals surface area contributed by atoms with Crippen LogP contribution in [0.15, 0.2) is 133 Å². The molecule has 0 heterocycles. The van der Waals surface area contributed by atoms with E-state index in [0.29, 0.717) is 16.9 Å². The molecule has 1 aliphatic carbocycles. The van der Waals surface area contributed by atoms with Crippen molar-refractivity contribution in [3.05, 3.63) is 167 Å². The van der Waals surface area contributed by atoms with Crippen molar-refractivity contribution in [1.82, 2.24) is 0 Å². The Morgan fingerprint density at radius 1 is 0.558 bits per heavy atom.